The number of nitrogens with one attached hydrogen (secondary N) is 2. The van der Waals surface area contributed by atoms with Crippen molar-refractivity contribution in [3.63, 3.8) is 0 Å². The van der Waals surface area contributed by atoms with Gasteiger partial charge in [0, 0.05) is 62.6 Å². The molecule has 1 saturated heterocycles. The predicted molar refractivity (Wildman–Crippen MR) is 145 cm³/mol. The Morgan fingerprint density at radius 1 is 1.03 bits per heavy atom. The summed E-state index contributed by atoms with van der Waals surface area (Å²) in [4.78, 5) is 29.2. The highest BCUT2D eigenvalue weighted by Gasteiger charge is 2.35. The summed E-state index contributed by atoms with van der Waals surface area (Å²) in [5.41, 5.74) is 2.42. The molecule has 2 aliphatic rings. The van der Waals surface area contributed by atoms with Crippen molar-refractivity contribution in [2.75, 3.05) is 44.2 Å². The van der Waals surface area contributed by atoms with Crippen LogP contribution >= 0.6 is 12.2 Å². The largest absolute Gasteiger partial charge is 0.371 e. The molecule has 4 rings (SSSR count). The van der Waals surface area contributed by atoms with Crippen LogP contribution in [0.2, 0.25) is 0 Å². The van der Waals surface area contributed by atoms with E-state index >= 15 is 0 Å². The third-order valence-corrected chi connectivity index (χ3v) is 7.40. The molecule has 8 heteroatoms. The van der Waals surface area contributed by atoms with E-state index in [0.717, 1.165) is 64.1 Å². The van der Waals surface area contributed by atoms with Gasteiger partial charge >= 0.3 is 0 Å². The third-order valence-electron chi connectivity index (χ3n) is 7.00. The molecule has 0 radical (unpaired) electrons. The minimum atomic E-state index is -0.0405. The summed E-state index contributed by atoms with van der Waals surface area (Å²) in [5.74, 6) is 0.654. The van der Waals surface area contributed by atoms with Gasteiger partial charge in [0.25, 0.3) is 5.56 Å². The molecular weight excluding hydrogens is 458 g/mol. The number of pyridine rings is 1. The summed E-state index contributed by atoms with van der Waals surface area (Å²) in [7, 11) is 0. The number of anilines is 1. The number of benzene rings is 1. The Hall–Kier alpha value is -2.87. The van der Waals surface area contributed by atoms with Crippen LogP contribution in [-0.4, -0.2) is 59.8 Å². The molecule has 188 valence electrons. The lowest BCUT2D eigenvalue weighted by Crippen LogP contribution is -2.52. The predicted octanol–water partition coefficient (Wildman–Crippen LogP) is 2.95. The van der Waals surface area contributed by atoms with E-state index in [2.05, 4.69) is 57.7 Å². The topological polar surface area (TPSA) is 69.6 Å². The average Bonchev–Trinajstić information content (AvgIpc) is 2.88. The Bertz CT molecular complexity index is 1060. The highest BCUT2D eigenvalue weighted by molar-refractivity contribution is 7.80. The Balaban J connectivity index is 1.19. The van der Waals surface area contributed by atoms with Crippen molar-refractivity contribution in [3.8, 4) is 0 Å². The normalized spacial score (nSPS) is 18.5. The van der Waals surface area contributed by atoms with Crippen molar-refractivity contribution in [2.45, 2.75) is 45.1 Å². The van der Waals surface area contributed by atoms with Crippen LogP contribution in [0.15, 0.2) is 53.3 Å². The van der Waals surface area contributed by atoms with E-state index in [1.807, 2.05) is 16.7 Å². The molecule has 2 bridgehead atoms. The van der Waals surface area contributed by atoms with Crippen LogP contribution < -0.4 is 21.1 Å². The molecular formula is C27H37N5O2S. The second-order valence-electron chi connectivity index (χ2n) is 9.64. The molecule has 0 saturated carbocycles. The van der Waals surface area contributed by atoms with Gasteiger partial charge in [0.2, 0.25) is 5.91 Å². The molecule has 0 unspecified atom stereocenters. The van der Waals surface area contributed by atoms with E-state index in [1.54, 1.807) is 6.07 Å². The number of carbonyl (C=O) groups is 1. The Kier molecular flexibility index (Phi) is 8.79. The summed E-state index contributed by atoms with van der Waals surface area (Å²) in [6.07, 6.45) is 4.29. The maximum absolute atomic E-state index is 12.4. The van der Waals surface area contributed by atoms with E-state index in [-0.39, 0.29) is 18.0 Å². The van der Waals surface area contributed by atoms with Gasteiger partial charge in [0.05, 0.1) is 6.54 Å². The standard InChI is InChI=1S/C27H37N5O2S/c1-2-3-14-30(23-9-5-4-6-10-23)15-8-13-28-25(33)17-29-27(35)31-18-21-16-22(20-31)24-11-7-12-26(34)32(24)19-21/h4-7,9-12,21-22H,2-3,8,13-20H2,1H3,(H,28,33)(H,29,35)/t21-,22+/m1/s1. The van der Waals surface area contributed by atoms with E-state index < -0.39 is 0 Å². The molecule has 2 N–H and O–H groups in total. The van der Waals surface area contributed by atoms with Gasteiger partial charge in [-0.25, -0.2) is 0 Å². The Labute approximate surface area is 213 Å². The number of para-hydroxylation sites is 1. The summed E-state index contributed by atoms with van der Waals surface area (Å²) in [5, 5.41) is 6.79. The molecule has 2 aliphatic heterocycles. The monoisotopic (exact) mass is 495 g/mol. The van der Waals surface area contributed by atoms with E-state index in [9.17, 15) is 9.59 Å². The first kappa shape index (κ1) is 25.2. The van der Waals surface area contributed by atoms with Crippen LogP contribution in [0, 0.1) is 5.92 Å². The minimum absolute atomic E-state index is 0.0405. The molecule has 1 amide bonds. The van der Waals surface area contributed by atoms with Gasteiger partial charge < -0.3 is 25.0 Å². The summed E-state index contributed by atoms with van der Waals surface area (Å²) in [6.45, 7) is 7.30. The number of aromatic nitrogens is 1. The van der Waals surface area contributed by atoms with Crippen molar-refractivity contribution in [2.24, 2.45) is 5.92 Å². The first-order chi connectivity index (χ1) is 17.0. The first-order valence-electron chi connectivity index (χ1n) is 12.8. The van der Waals surface area contributed by atoms with Crippen LogP contribution in [-0.2, 0) is 11.3 Å². The molecule has 1 fully saturated rings. The van der Waals surface area contributed by atoms with Gasteiger partial charge in [-0.1, -0.05) is 37.6 Å². The summed E-state index contributed by atoms with van der Waals surface area (Å²) in [6, 6.07) is 16.0. The molecule has 7 nitrogen and oxygen atoms in total. The lowest BCUT2D eigenvalue weighted by molar-refractivity contribution is -0.120. The fourth-order valence-electron chi connectivity index (χ4n) is 5.25. The quantitative estimate of drug-likeness (QED) is 0.390. The number of piperidine rings is 1. The molecule has 35 heavy (non-hydrogen) atoms. The minimum Gasteiger partial charge on any atom is -0.371 e. The van der Waals surface area contributed by atoms with Crippen LogP contribution in [0.4, 0.5) is 5.69 Å². The van der Waals surface area contributed by atoms with Gasteiger partial charge in [-0.3, -0.25) is 9.59 Å². The van der Waals surface area contributed by atoms with E-state index in [0.29, 0.717) is 23.5 Å². The Morgan fingerprint density at radius 2 is 1.83 bits per heavy atom. The fourth-order valence-corrected chi connectivity index (χ4v) is 5.47. The number of nitrogens with zero attached hydrogens (tertiary/aromatic N) is 3. The van der Waals surface area contributed by atoms with Crippen molar-refractivity contribution in [1.82, 2.24) is 20.1 Å². The molecule has 3 heterocycles. The number of hydrogen-bond acceptors (Lipinski definition) is 4. The van der Waals surface area contributed by atoms with Crippen LogP contribution in [0.25, 0.3) is 0 Å². The number of thiocarbonyl (C=S) groups is 1. The second-order valence-corrected chi connectivity index (χ2v) is 10.0. The van der Waals surface area contributed by atoms with Crippen molar-refractivity contribution in [3.05, 3.63) is 64.6 Å². The van der Waals surface area contributed by atoms with Crippen LogP contribution in [0.3, 0.4) is 0 Å². The van der Waals surface area contributed by atoms with Gasteiger partial charge in [-0.05, 0) is 55.6 Å². The van der Waals surface area contributed by atoms with Gasteiger partial charge in [-0.15, -0.1) is 0 Å². The van der Waals surface area contributed by atoms with Gasteiger partial charge in [0.1, 0.15) is 0 Å². The smallest absolute Gasteiger partial charge is 0.250 e. The SMILES string of the molecule is CCCCN(CCCNC(=O)CNC(=S)N1C[C@H]2C[C@@H](C1)c1cccc(=O)n1C2)c1ccccc1. The molecule has 2 aromatic rings. The second kappa shape index (κ2) is 12.2. The first-order valence-corrected chi connectivity index (χ1v) is 13.2. The number of fused-ring (bicyclic) bond motifs is 4. The molecule has 1 aromatic heterocycles. The van der Waals surface area contributed by atoms with Crippen LogP contribution in [0.5, 0.6) is 0 Å². The highest BCUT2D eigenvalue weighted by atomic mass is 32.1. The highest BCUT2D eigenvalue weighted by Crippen LogP contribution is 2.34. The van der Waals surface area contributed by atoms with Gasteiger partial charge in [0.15, 0.2) is 5.11 Å². The average molecular weight is 496 g/mol. The number of likely N-dealkylation sites (tertiary alicyclic amines) is 1. The van der Waals surface area contributed by atoms with Gasteiger partial charge in [-0.2, -0.15) is 0 Å². The van der Waals surface area contributed by atoms with Crippen molar-refractivity contribution in [1.29, 1.82) is 0 Å². The zero-order valence-electron chi connectivity index (χ0n) is 20.6. The summed E-state index contributed by atoms with van der Waals surface area (Å²) >= 11 is 5.62. The zero-order valence-corrected chi connectivity index (χ0v) is 21.4. The summed E-state index contributed by atoms with van der Waals surface area (Å²) < 4.78 is 1.92. The van der Waals surface area contributed by atoms with Crippen LogP contribution in [0.1, 0.15) is 44.2 Å². The number of hydrogen-bond donors (Lipinski definition) is 2. The number of carbonyl (C=O) groups excluding carboxylic acids is 1. The molecule has 0 spiro atoms. The Morgan fingerprint density at radius 3 is 2.63 bits per heavy atom. The molecule has 2 atom stereocenters. The lowest BCUT2D eigenvalue weighted by Gasteiger charge is -2.43. The van der Waals surface area contributed by atoms with E-state index in [1.165, 1.54) is 5.69 Å². The third kappa shape index (κ3) is 6.63. The number of rotatable bonds is 10. The van der Waals surface area contributed by atoms with E-state index in [4.69, 9.17) is 12.2 Å². The van der Waals surface area contributed by atoms with Crippen molar-refractivity contribution < 1.29 is 4.79 Å². The zero-order chi connectivity index (χ0) is 24.6. The fraction of sp³-hybridized carbons (Fsp3) is 0.519. The maximum Gasteiger partial charge on any atom is 0.250 e. The number of unbranched alkanes of at least 4 members (excludes halogenated alkanes) is 1. The number of amides is 1. The maximum atomic E-state index is 12.4. The molecule has 1 aromatic carbocycles. The lowest BCUT2D eigenvalue weighted by atomic mass is 9.83. The molecule has 0 aliphatic carbocycles. The van der Waals surface area contributed by atoms with Crippen molar-refractivity contribution >= 4 is 28.9 Å².